The molecule has 3 aromatic carbocycles. The summed E-state index contributed by atoms with van der Waals surface area (Å²) in [6, 6.07) is 16.9. The Morgan fingerprint density at radius 1 is 0.980 bits per heavy atom. The molecule has 0 aromatic heterocycles. The minimum atomic E-state index is -2.08. The number of β-lactam (4-membered cyclic amide) rings is 1. The maximum absolute atomic E-state index is 13.7. The van der Waals surface area contributed by atoms with Gasteiger partial charge in [0.25, 0.3) is 11.6 Å². The van der Waals surface area contributed by atoms with Crippen LogP contribution in [0.2, 0.25) is 0 Å². The molecule has 2 aliphatic heterocycles. The second-order valence-electron chi connectivity index (χ2n) is 11.8. The van der Waals surface area contributed by atoms with E-state index in [1.54, 1.807) is 38.1 Å². The number of nitrogens with zero attached hydrogens (tertiary/aromatic N) is 2. The van der Waals surface area contributed by atoms with Crippen molar-refractivity contribution in [2.45, 2.75) is 54.9 Å². The fraction of sp³-hybridized carbons (Fsp3) is 0.273. The lowest BCUT2D eigenvalue weighted by molar-refractivity contribution is -0.384. The van der Waals surface area contributed by atoms with Gasteiger partial charge < -0.3 is 35.3 Å². The second kappa shape index (κ2) is 14.8. The molecule has 266 valence electrons. The van der Waals surface area contributed by atoms with Crippen LogP contribution in [0.5, 0.6) is 5.75 Å². The predicted octanol–water partition coefficient (Wildman–Crippen LogP) is 2.98. The van der Waals surface area contributed by atoms with Crippen LogP contribution in [-0.2, 0) is 41.9 Å². The van der Waals surface area contributed by atoms with Crippen molar-refractivity contribution in [1.82, 2.24) is 20.9 Å². The molecular formula is C33H31N5O12S. The Morgan fingerprint density at radius 2 is 1.61 bits per heavy atom. The van der Waals surface area contributed by atoms with Gasteiger partial charge in [-0.2, -0.15) is 0 Å². The molecule has 2 saturated heterocycles. The molecule has 4 N–H and O–H groups in total. The van der Waals surface area contributed by atoms with Gasteiger partial charge in [-0.25, -0.2) is 14.4 Å². The highest BCUT2D eigenvalue weighted by atomic mass is 32.2. The minimum Gasteiger partial charge on any atom is -0.478 e. The molecule has 17 nitrogen and oxygen atoms in total. The lowest BCUT2D eigenvalue weighted by Gasteiger charge is -2.49. The zero-order valence-corrected chi connectivity index (χ0v) is 27.8. The van der Waals surface area contributed by atoms with Crippen molar-refractivity contribution in [1.29, 1.82) is 0 Å². The number of fused-ring (bicyclic) bond motifs is 1. The fourth-order valence-electron chi connectivity index (χ4n) is 5.63. The van der Waals surface area contributed by atoms with Crippen molar-refractivity contribution in [3.63, 3.8) is 0 Å². The largest absolute Gasteiger partial charge is 0.514 e. The van der Waals surface area contributed by atoms with Gasteiger partial charge in [0.1, 0.15) is 36.4 Å². The number of nitro groups is 1. The van der Waals surface area contributed by atoms with Gasteiger partial charge in [0.05, 0.1) is 9.67 Å². The molecule has 1 unspecified atom stereocenters. The number of hydrogen-bond acceptors (Lipinski definition) is 12. The summed E-state index contributed by atoms with van der Waals surface area (Å²) in [5, 5.41) is 27.4. The molecule has 2 aliphatic rings. The Kier molecular flexibility index (Phi) is 10.4. The van der Waals surface area contributed by atoms with E-state index in [4.69, 9.17) is 14.2 Å². The van der Waals surface area contributed by atoms with E-state index in [-0.39, 0.29) is 36.6 Å². The van der Waals surface area contributed by atoms with Gasteiger partial charge in [-0.15, -0.1) is 11.8 Å². The Labute approximate surface area is 293 Å². The highest BCUT2D eigenvalue weighted by molar-refractivity contribution is 8.01. The number of carboxylic acid groups (broad SMARTS) is 1. The smallest absolute Gasteiger partial charge is 0.478 e. The Balaban J connectivity index is 1.30. The topological polar surface area (TPSA) is 233 Å². The van der Waals surface area contributed by atoms with E-state index in [1.807, 2.05) is 6.07 Å². The molecule has 0 aliphatic carbocycles. The fourth-order valence-corrected chi connectivity index (χ4v) is 7.34. The molecule has 5 rings (SSSR count). The van der Waals surface area contributed by atoms with E-state index in [9.17, 15) is 44.0 Å². The molecule has 2 fully saturated rings. The van der Waals surface area contributed by atoms with E-state index in [1.165, 1.54) is 48.5 Å². The number of hydrogen-bond donors (Lipinski definition) is 4. The minimum absolute atomic E-state index is 0.0293. The third-order valence-electron chi connectivity index (χ3n) is 8.22. The SMILES string of the molecule is CC1(C)S[C@@H]2[C@@H](NC(=O)C(NC(=O)OCc3ccc([N+](=O)[O-])cc3)c3ccc(OC(=O)OCc4ccccc4)cc3)C(=O)N2[C@@]1(NC=O)C(=O)O. The van der Waals surface area contributed by atoms with E-state index < -0.39 is 62.8 Å². The number of alkyl carbamates (subject to hydrolysis) is 1. The average Bonchev–Trinajstić information content (AvgIpc) is 3.32. The number of non-ortho nitro benzene ring substituents is 1. The first-order chi connectivity index (χ1) is 24.3. The quantitative estimate of drug-likeness (QED) is 0.0497. The molecule has 51 heavy (non-hydrogen) atoms. The number of amides is 4. The van der Waals surface area contributed by atoms with Crippen LogP contribution in [0.15, 0.2) is 78.9 Å². The van der Waals surface area contributed by atoms with Crippen LogP contribution in [0.25, 0.3) is 0 Å². The maximum Gasteiger partial charge on any atom is 0.514 e. The Morgan fingerprint density at radius 3 is 2.22 bits per heavy atom. The van der Waals surface area contributed by atoms with Gasteiger partial charge in [-0.3, -0.25) is 29.4 Å². The third-order valence-corrected chi connectivity index (χ3v) is 9.83. The van der Waals surface area contributed by atoms with Gasteiger partial charge in [0.2, 0.25) is 18.0 Å². The van der Waals surface area contributed by atoms with Gasteiger partial charge >= 0.3 is 18.2 Å². The lowest BCUT2D eigenvalue weighted by Crippen LogP contribution is -2.79. The van der Waals surface area contributed by atoms with Crippen LogP contribution in [-0.4, -0.2) is 73.2 Å². The average molecular weight is 722 g/mol. The van der Waals surface area contributed by atoms with Gasteiger partial charge in [0.15, 0.2) is 0 Å². The van der Waals surface area contributed by atoms with Crippen LogP contribution >= 0.6 is 11.8 Å². The normalized spacial score (nSPS) is 20.4. The standard InChI is InChI=1S/C33H31N5O12S/c1-32(2)33(29(42)43,34-18-39)37-27(41)25(28(37)51-32)35-26(40)24(36-30(44)48-16-20-8-12-22(13-9-20)38(46)47)21-10-14-23(15-11-21)50-31(45)49-17-19-6-4-3-5-7-19/h3-15,18,24-25,28H,16-17H2,1-2H3,(H,34,39)(H,35,40)(H,36,44)(H,42,43)/t24?,25-,28+,33-/m0/s1. The van der Waals surface area contributed by atoms with Gasteiger partial charge in [0, 0.05) is 12.1 Å². The summed E-state index contributed by atoms with van der Waals surface area (Å²) >= 11 is 1.06. The number of carbonyl (C=O) groups excluding carboxylic acids is 5. The molecule has 18 heteroatoms. The summed E-state index contributed by atoms with van der Waals surface area (Å²) in [5.41, 5.74) is -0.905. The summed E-state index contributed by atoms with van der Waals surface area (Å²) in [6.45, 7) is 2.75. The van der Waals surface area contributed by atoms with Crippen LogP contribution in [0.1, 0.15) is 36.6 Å². The maximum atomic E-state index is 13.7. The summed E-state index contributed by atoms with van der Waals surface area (Å²) in [4.78, 5) is 87.3. The monoisotopic (exact) mass is 721 g/mol. The first-order valence-corrected chi connectivity index (χ1v) is 16.1. The summed E-state index contributed by atoms with van der Waals surface area (Å²) < 4.78 is 14.4. The number of thioether (sulfide) groups is 1. The van der Waals surface area contributed by atoms with Crippen LogP contribution in [0.3, 0.4) is 0 Å². The van der Waals surface area contributed by atoms with E-state index in [2.05, 4.69) is 16.0 Å². The zero-order chi connectivity index (χ0) is 36.9. The summed E-state index contributed by atoms with van der Waals surface area (Å²) in [5.74, 6) is -3.06. The number of ether oxygens (including phenoxy) is 3. The molecule has 4 amide bonds. The second-order valence-corrected chi connectivity index (χ2v) is 13.5. The molecule has 0 spiro atoms. The van der Waals surface area contributed by atoms with Crippen molar-refractivity contribution in [3.8, 4) is 5.75 Å². The molecule has 3 aromatic rings. The molecule has 4 atom stereocenters. The van der Waals surface area contributed by atoms with Gasteiger partial charge in [-0.1, -0.05) is 42.5 Å². The van der Waals surface area contributed by atoms with Crippen LogP contribution in [0.4, 0.5) is 15.3 Å². The molecule has 0 saturated carbocycles. The number of rotatable bonds is 13. The van der Waals surface area contributed by atoms with E-state index in [0.717, 1.165) is 22.2 Å². The highest BCUT2D eigenvalue weighted by Crippen LogP contribution is 2.55. The van der Waals surface area contributed by atoms with Crippen LogP contribution < -0.4 is 20.7 Å². The van der Waals surface area contributed by atoms with Crippen molar-refractivity contribution >= 4 is 53.9 Å². The molecule has 0 bridgehead atoms. The number of nitro benzene ring substituents is 1. The first-order valence-electron chi connectivity index (χ1n) is 15.2. The molecule has 0 radical (unpaired) electrons. The van der Waals surface area contributed by atoms with Gasteiger partial charge in [-0.05, 0) is 54.8 Å². The summed E-state index contributed by atoms with van der Waals surface area (Å²) in [7, 11) is 0. The van der Waals surface area contributed by atoms with Crippen molar-refractivity contribution in [2.75, 3.05) is 0 Å². The zero-order valence-electron chi connectivity index (χ0n) is 27.0. The third kappa shape index (κ3) is 7.40. The summed E-state index contributed by atoms with van der Waals surface area (Å²) in [6.07, 6.45) is -1.85. The van der Waals surface area contributed by atoms with E-state index in [0.29, 0.717) is 5.56 Å². The van der Waals surface area contributed by atoms with Crippen LogP contribution in [0, 0.1) is 10.1 Å². The first kappa shape index (κ1) is 36.1. The van der Waals surface area contributed by atoms with Crippen molar-refractivity contribution < 1.29 is 53.0 Å². The predicted molar refractivity (Wildman–Crippen MR) is 177 cm³/mol. The Hall–Kier alpha value is -6.17. The van der Waals surface area contributed by atoms with Crippen molar-refractivity contribution in [3.05, 3.63) is 106 Å². The number of carbonyl (C=O) groups is 6. The molecular weight excluding hydrogens is 690 g/mol. The molecule has 2 heterocycles. The number of nitrogens with one attached hydrogen (secondary N) is 3. The van der Waals surface area contributed by atoms with Crippen molar-refractivity contribution in [2.24, 2.45) is 0 Å². The number of aliphatic carboxylic acids is 1. The van der Waals surface area contributed by atoms with E-state index >= 15 is 0 Å². The highest BCUT2D eigenvalue weighted by Gasteiger charge is 2.73. The lowest BCUT2D eigenvalue weighted by atomic mass is 9.88. The Bertz CT molecular complexity index is 1840. The number of carboxylic acids is 1. The number of benzene rings is 3.